The van der Waals surface area contributed by atoms with Crippen LogP contribution in [-0.2, 0) is 6.54 Å². The molecule has 2 aromatic rings. The first-order valence-electron chi connectivity index (χ1n) is 6.69. The fourth-order valence-corrected chi connectivity index (χ4v) is 2.39. The Balaban J connectivity index is 1.73. The minimum Gasteiger partial charge on any atom is -0.338 e. The van der Waals surface area contributed by atoms with Crippen LogP contribution in [0.5, 0.6) is 0 Å². The van der Waals surface area contributed by atoms with Crippen molar-refractivity contribution in [1.29, 1.82) is 0 Å². The third-order valence-corrected chi connectivity index (χ3v) is 3.73. The second-order valence-electron chi connectivity index (χ2n) is 4.20. The molecule has 2 rings (SSSR count). The number of amides is 2. The summed E-state index contributed by atoms with van der Waals surface area (Å²) in [7, 11) is 0. The Morgan fingerprint density at radius 1 is 1.35 bits per heavy atom. The summed E-state index contributed by atoms with van der Waals surface area (Å²) in [5.41, 5.74) is 0.779. The van der Waals surface area contributed by atoms with Crippen molar-refractivity contribution < 1.29 is 4.79 Å². The monoisotopic (exact) mass is 293 g/mol. The number of hydrogen-bond donors (Lipinski definition) is 2. The molecule has 0 fully saturated rings. The Morgan fingerprint density at radius 3 is 3.10 bits per heavy atom. The van der Waals surface area contributed by atoms with Gasteiger partial charge in [-0.1, -0.05) is 13.0 Å². The molecule has 0 radical (unpaired) electrons. The number of carbonyl (C=O) groups is 1. The number of nitrogens with one attached hydrogen (secondary N) is 2. The van der Waals surface area contributed by atoms with Crippen molar-refractivity contribution in [1.82, 2.24) is 25.2 Å². The lowest BCUT2D eigenvalue weighted by Gasteiger charge is -2.06. The number of hydrogen-bond acceptors (Lipinski definition) is 4. The summed E-state index contributed by atoms with van der Waals surface area (Å²) < 4.78 is 1.86. The van der Waals surface area contributed by atoms with Gasteiger partial charge >= 0.3 is 6.03 Å². The van der Waals surface area contributed by atoms with Crippen molar-refractivity contribution in [3.8, 4) is 0 Å². The minimum atomic E-state index is -0.167. The van der Waals surface area contributed by atoms with Crippen molar-refractivity contribution in [2.24, 2.45) is 0 Å². The largest absolute Gasteiger partial charge is 0.338 e. The quantitative estimate of drug-likeness (QED) is 0.762. The zero-order valence-corrected chi connectivity index (χ0v) is 12.3. The second kappa shape index (κ2) is 7.74. The van der Waals surface area contributed by atoms with E-state index in [9.17, 15) is 4.79 Å². The lowest BCUT2D eigenvalue weighted by molar-refractivity contribution is 0.240. The number of thioether (sulfide) groups is 1. The summed E-state index contributed by atoms with van der Waals surface area (Å²) in [4.78, 5) is 11.6. The molecule has 2 heterocycles. The van der Waals surface area contributed by atoms with E-state index in [4.69, 9.17) is 0 Å². The molecule has 7 heteroatoms. The number of pyridine rings is 1. The Morgan fingerprint density at radius 2 is 2.25 bits per heavy atom. The molecule has 2 N–H and O–H groups in total. The van der Waals surface area contributed by atoms with E-state index in [-0.39, 0.29) is 6.03 Å². The highest BCUT2D eigenvalue weighted by atomic mass is 32.2. The van der Waals surface area contributed by atoms with Gasteiger partial charge in [-0.15, -0.1) is 10.2 Å². The van der Waals surface area contributed by atoms with E-state index in [2.05, 4.69) is 27.8 Å². The Hall–Kier alpha value is -1.76. The summed E-state index contributed by atoms with van der Waals surface area (Å²) in [6.45, 7) is 3.19. The van der Waals surface area contributed by atoms with Gasteiger partial charge in [0.05, 0.1) is 6.54 Å². The molecular weight excluding hydrogens is 274 g/mol. The fraction of sp³-hybridized carbons (Fsp3) is 0.462. The zero-order chi connectivity index (χ0) is 14.2. The Bertz CT molecular complexity index is 556. The van der Waals surface area contributed by atoms with E-state index < -0.39 is 0 Å². The molecule has 0 bridgehead atoms. The van der Waals surface area contributed by atoms with Crippen LogP contribution < -0.4 is 10.6 Å². The standard InChI is InChI=1S/C13H19N5OS/c1-2-20-9-5-7-14-13(19)15-10-12-17-16-11-6-3-4-8-18(11)12/h3-4,6,8H,2,5,7,9-10H2,1H3,(H2,14,15,19). The van der Waals surface area contributed by atoms with Crippen LogP contribution in [0.25, 0.3) is 5.65 Å². The lowest BCUT2D eigenvalue weighted by atomic mass is 10.4. The molecule has 108 valence electrons. The van der Waals surface area contributed by atoms with Crippen LogP contribution in [0.2, 0.25) is 0 Å². The minimum absolute atomic E-state index is 0.167. The normalized spacial score (nSPS) is 10.7. The maximum atomic E-state index is 11.6. The van der Waals surface area contributed by atoms with Crippen LogP contribution >= 0.6 is 11.8 Å². The molecule has 20 heavy (non-hydrogen) atoms. The van der Waals surface area contributed by atoms with Gasteiger partial charge in [-0.05, 0) is 30.1 Å². The second-order valence-corrected chi connectivity index (χ2v) is 5.60. The van der Waals surface area contributed by atoms with E-state index in [1.807, 2.05) is 40.6 Å². The smallest absolute Gasteiger partial charge is 0.315 e. The molecule has 0 atom stereocenters. The van der Waals surface area contributed by atoms with Crippen LogP contribution in [0, 0.1) is 0 Å². The SMILES string of the molecule is CCSCCCNC(=O)NCc1nnc2ccccn12. The molecule has 0 spiro atoms. The van der Waals surface area contributed by atoms with Gasteiger partial charge in [0.1, 0.15) is 0 Å². The van der Waals surface area contributed by atoms with E-state index in [1.165, 1.54) is 0 Å². The molecule has 0 saturated carbocycles. The summed E-state index contributed by atoms with van der Waals surface area (Å²) >= 11 is 1.88. The summed E-state index contributed by atoms with van der Waals surface area (Å²) in [5, 5.41) is 13.7. The van der Waals surface area contributed by atoms with Crippen LogP contribution in [0.15, 0.2) is 24.4 Å². The zero-order valence-electron chi connectivity index (χ0n) is 11.5. The molecule has 6 nitrogen and oxygen atoms in total. The number of urea groups is 1. The van der Waals surface area contributed by atoms with Crippen LogP contribution in [0.3, 0.4) is 0 Å². The molecule has 0 unspecified atom stereocenters. The predicted octanol–water partition coefficient (Wildman–Crippen LogP) is 1.67. The average molecular weight is 293 g/mol. The van der Waals surface area contributed by atoms with Crippen molar-refractivity contribution >= 4 is 23.4 Å². The topological polar surface area (TPSA) is 71.3 Å². The first-order chi connectivity index (χ1) is 9.81. The van der Waals surface area contributed by atoms with Gasteiger partial charge in [0.15, 0.2) is 11.5 Å². The third-order valence-electron chi connectivity index (χ3n) is 2.75. The number of nitrogens with zero attached hydrogens (tertiary/aromatic N) is 3. The molecule has 2 amide bonds. The Kier molecular flexibility index (Phi) is 5.67. The molecule has 0 saturated heterocycles. The van der Waals surface area contributed by atoms with Gasteiger partial charge in [-0.25, -0.2) is 4.79 Å². The molecule has 0 aliphatic heterocycles. The van der Waals surface area contributed by atoms with Gasteiger partial charge in [0, 0.05) is 12.7 Å². The summed E-state index contributed by atoms with van der Waals surface area (Å²) in [5.74, 6) is 2.91. The van der Waals surface area contributed by atoms with Crippen molar-refractivity contribution in [2.75, 3.05) is 18.1 Å². The molecule has 0 aliphatic rings. The van der Waals surface area contributed by atoms with Crippen LogP contribution in [-0.4, -0.2) is 38.7 Å². The highest BCUT2D eigenvalue weighted by Gasteiger charge is 2.06. The molecular formula is C13H19N5OS. The molecule has 0 aliphatic carbocycles. The summed E-state index contributed by atoms with van der Waals surface area (Å²) in [6.07, 6.45) is 2.87. The van der Waals surface area contributed by atoms with Gasteiger partial charge in [0.2, 0.25) is 0 Å². The summed E-state index contributed by atoms with van der Waals surface area (Å²) in [6, 6.07) is 5.52. The van der Waals surface area contributed by atoms with E-state index in [0.717, 1.165) is 29.4 Å². The van der Waals surface area contributed by atoms with Crippen LogP contribution in [0.1, 0.15) is 19.2 Å². The Labute approximate surface area is 122 Å². The van der Waals surface area contributed by atoms with Gasteiger partial charge in [0.25, 0.3) is 0 Å². The number of rotatable bonds is 7. The lowest BCUT2D eigenvalue weighted by Crippen LogP contribution is -2.36. The third kappa shape index (κ3) is 4.12. The number of carbonyl (C=O) groups excluding carboxylic acids is 1. The van der Waals surface area contributed by atoms with Gasteiger partial charge in [-0.3, -0.25) is 4.40 Å². The highest BCUT2D eigenvalue weighted by Crippen LogP contribution is 2.02. The van der Waals surface area contributed by atoms with Gasteiger partial charge in [-0.2, -0.15) is 11.8 Å². The number of aromatic nitrogens is 3. The van der Waals surface area contributed by atoms with Gasteiger partial charge < -0.3 is 10.6 Å². The van der Waals surface area contributed by atoms with E-state index in [0.29, 0.717) is 13.1 Å². The van der Waals surface area contributed by atoms with Crippen LogP contribution in [0.4, 0.5) is 4.79 Å². The maximum absolute atomic E-state index is 11.6. The van der Waals surface area contributed by atoms with Crippen molar-refractivity contribution in [3.63, 3.8) is 0 Å². The molecule has 0 aromatic carbocycles. The maximum Gasteiger partial charge on any atom is 0.315 e. The number of fused-ring (bicyclic) bond motifs is 1. The fourth-order valence-electron chi connectivity index (χ4n) is 1.75. The first-order valence-corrected chi connectivity index (χ1v) is 7.85. The average Bonchev–Trinajstić information content (AvgIpc) is 2.88. The van der Waals surface area contributed by atoms with E-state index >= 15 is 0 Å². The first kappa shape index (κ1) is 14.6. The van der Waals surface area contributed by atoms with Crippen molar-refractivity contribution in [2.45, 2.75) is 19.9 Å². The van der Waals surface area contributed by atoms with Crippen molar-refractivity contribution in [3.05, 3.63) is 30.2 Å². The molecule has 2 aromatic heterocycles. The predicted molar refractivity (Wildman–Crippen MR) is 80.8 cm³/mol. The highest BCUT2D eigenvalue weighted by molar-refractivity contribution is 7.99. The van der Waals surface area contributed by atoms with E-state index in [1.54, 1.807) is 0 Å².